The molecule has 0 radical (unpaired) electrons. The van der Waals surface area contributed by atoms with E-state index >= 15 is 8.78 Å². The molecule has 0 bridgehead atoms. The largest absolute Gasteiger partial charge is 0.456 e. The highest BCUT2D eigenvalue weighted by Crippen LogP contribution is 2.70. The molecule has 0 aliphatic heterocycles. The molecule has 1 aromatic carbocycles. The molecule has 0 heterocycles. The maximum absolute atomic E-state index is 15.1. The van der Waals surface area contributed by atoms with Gasteiger partial charge in [0, 0.05) is 29.9 Å². The zero-order chi connectivity index (χ0) is 31.2. The summed E-state index contributed by atoms with van der Waals surface area (Å²) in [4.78, 5) is 23.7. The highest BCUT2D eigenvalue weighted by atomic mass is 19.4. The van der Waals surface area contributed by atoms with Crippen molar-refractivity contribution in [2.24, 2.45) is 17.3 Å². The summed E-state index contributed by atoms with van der Waals surface area (Å²) in [5.74, 6) is -0.986. The lowest BCUT2D eigenvalue weighted by Crippen LogP contribution is -2.65. The molecule has 2 saturated carbocycles. The fourth-order valence-corrected chi connectivity index (χ4v) is 7.96. The van der Waals surface area contributed by atoms with E-state index in [-0.39, 0.29) is 37.7 Å². The minimum absolute atomic E-state index is 0.0279. The predicted molar refractivity (Wildman–Crippen MR) is 149 cm³/mol. The monoisotopic (exact) mass is 603 g/mol. The quantitative estimate of drug-likeness (QED) is 0.221. The van der Waals surface area contributed by atoms with Crippen molar-refractivity contribution in [3.05, 3.63) is 70.8 Å². The molecule has 5 nitrogen and oxygen atoms in total. The number of alkyl halides is 5. The Morgan fingerprint density at radius 3 is 2.56 bits per heavy atom. The Kier molecular flexibility index (Phi) is 8.10. The van der Waals surface area contributed by atoms with E-state index < -0.39 is 47.5 Å². The second-order valence-corrected chi connectivity index (χ2v) is 12.1. The summed E-state index contributed by atoms with van der Waals surface area (Å²) >= 11 is 0. The third-order valence-electron chi connectivity index (χ3n) is 9.97. The number of halogens is 5. The van der Waals surface area contributed by atoms with Crippen LogP contribution in [0.15, 0.2) is 59.7 Å². The molecule has 10 heteroatoms. The lowest BCUT2D eigenvalue weighted by molar-refractivity contribution is -0.362. The smallest absolute Gasteiger partial charge is 0.436 e. The predicted octanol–water partition coefficient (Wildman–Crippen LogP) is 6.78. The molecule has 0 spiro atoms. The van der Waals surface area contributed by atoms with E-state index in [0.29, 0.717) is 31.2 Å². The molecule has 5 atom stereocenters. The number of ketones is 1. The summed E-state index contributed by atoms with van der Waals surface area (Å²) in [5, 5.41) is 13.8. The Balaban J connectivity index is 1.51. The van der Waals surface area contributed by atoms with Gasteiger partial charge in [0.2, 0.25) is 0 Å². The maximum Gasteiger partial charge on any atom is 0.456 e. The number of carbonyl (C=O) groups excluding carboxylic acids is 2. The number of hydrogen-bond acceptors (Lipinski definition) is 4. The number of allylic oxidation sites excluding steroid dienone is 4. The van der Waals surface area contributed by atoms with E-state index in [0.717, 1.165) is 22.3 Å². The van der Waals surface area contributed by atoms with Crippen LogP contribution in [-0.2, 0) is 9.53 Å². The van der Waals surface area contributed by atoms with Crippen molar-refractivity contribution >= 4 is 11.9 Å². The van der Waals surface area contributed by atoms with Crippen LogP contribution in [-0.4, -0.2) is 47.8 Å². The second-order valence-electron chi connectivity index (χ2n) is 12.1. The molecule has 0 aromatic heterocycles. The fraction of sp³-hybridized carbons (Fsp3) is 0.515. The third kappa shape index (κ3) is 5.20. The first-order chi connectivity index (χ1) is 20.2. The molecule has 4 aliphatic carbocycles. The number of ether oxygens (including phenoxy) is 1. The number of benzene rings is 1. The molecular formula is C33H34F5NO4. The molecule has 4 aliphatic rings. The molecule has 2 fully saturated rings. The van der Waals surface area contributed by atoms with Crippen molar-refractivity contribution in [2.45, 2.75) is 75.5 Å². The SMILES string of the molecule is C=CCNC(=O)OCC#Cc1ccc([C@H]2C[C@@]3(C)C(CC[C@@]3(O)C(F)(F)C(F)(F)F)C3CCC4=CC(=O)CCC4=C32)cc1. The minimum atomic E-state index is -5.89. The number of aliphatic hydroxyl groups is 1. The minimum Gasteiger partial charge on any atom is -0.436 e. The zero-order valence-corrected chi connectivity index (χ0v) is 23.8. The number of carbonyl (C=O) groups is 2. The van der Waals surface area contributed by atoms with Gasteiger partial charge in [-0.1, -0.05) is 42.5 Å². The van der Waals surface area contributed by atoms with Crippen molar-refractivity contribution in [1.82, 2.24) is 5.32 Å². The van der Waals surface area contributed by atoms with E-state index in [1.54, 1.807) is 30.3 Å². The average molecular weight is 604 g/mol. The summed E-state index contributed by atoms with van der Waals surface area (Å²) < 4.78 is 76.4. The van der Waals surface area contributed by atoms with Gasteiger partial charge in [0.05, 0.1) is 0 Å². The number of nitrogens with one attached hydrogen (secondary N) is 1. The highest BCUT2D eigenvalue weighted by Gasteiger charge is 2.79. The van der Waals surface area contributed by atoms with E-state index in [4.69, 9.17) is 4.74 Å². The summed E-state index contributed by atoms with van der Waals surface area (Å²) in [7, 11) is 0. The van der Waals surface area contributed by atoms with Crippen LogP contribution in [0.4, 0.5) is 26.7 Å². The lowest BCUT2D eigenvalue weighted by atomic mass is 9.50. The van der Waals surface area contributed by atoms with Gasteiger partial charge < -0.3 is 15.2 Å². The molecule has 2 N–H and O–H groups in total. The second kappa shape index (κ2) is 11.2. The van der Waals surface area contributed by atoms with Crippen LogP contribution in [0.5, 0.6) is 0 Å². The van der Waals surface area contributed by atoms with E-state index in [1.165, 1.54) is 13.0 Å². The molecular weight excluding hydrogens is 569 g/mol. The standard InChI is InChI=1S/C33H34F5NO4/c1-3-16-39-29(41)43-17-4-5-20-6-8-21(9-7-20)26-19-30(2)27(14-15-31(30,42)32(34,35)33(36,37)38)25-12-10-22-18-23(40)11-13-24(22)28(25)26/h3,6-9,18,25-27,42H,1,10-17,19H2,2H3,(H,39,41)/t25?,26-,27?,30+,31+/m1/s1. The first kappa shape index (κ1) is 31.0. The van der Waals surface area contributed by atoms with Crippen molar-refractivity contribution in [2.75, 3.05) is 13.2 Å². The van der Waals surface area contributed by atoms with Crippen LogP contribution in [0.3, 0.4) is 0 Å². The highest BCUT2D eigenvalue weighted by molar-refractivity contribution is 5.93. The summed E-state index contributed by atoms with van der Waals surface area (Å²) in [5.41, 5.74) is -0.702. The van der Waals surface area contributed by atoms with Crippen molar-refractivity contribution in [3.63, 3.8) is 0 Å². The molecule has 0 saturated heterocycles. The van der Waals surface area contributed by atoms with Gasteiger partial charge in [-0.25, -0.2) is 4.79 Å². The van der Waals surface area contributed by atoms with Crippen LogP contribution in [0.2, 0.25) is 0 Å². The third-order valence-corrected chi connectivity index (χ3v) is 9.97. The summed E-state index contributed by atoms with van der Waals surface area (Å²) in [6.45, 7) is 5.00. The van der Waals surface area contributed by atoms with Crippen LogP contribution >= 0.6 is 0 Å². The normalized spacial score (nSPS) is 30.3. The van der Waals surface area contributed by atoms with E-state index in [2.05, 4.69) is 23.7 Å². The Morgan fingerprint density at radius 2 is 1.88 bits per heavy atom. The fourth-order valence-electron chi connectivity index (χ4n) is 7.96. The lowest BCUT2D eigenvalue weighted by Gasteiger charge is -2.56. The number of fused-ring (bicyclic) bond motifs is 4. The molecule has 2 unspecified atom stereocenters. The number of amides is 1. The summed E-state index contributed by atoms with van der Waals surface area (Å²) in [6.07, 6.45) is -2.15. The van der Waals surface area contributed by atoms with Crippen LogP contribution in [0, 0.1) is 29.1 Å². The van der Waals surface area contributed by atoms with Gasteiger partial charge in [0.25, 0.3) is 0 Å². The first-order valence-corrected chi connectivity index (χ1v) is 14.5. The molecule has 5 rings (SSSR count). The number of alkyl carbamates (subject to hydrolysis) is 1. The molecule has 1 amide bonds. The Bertz CT molecular complexity index is 1430. The molecule has 43 heavy (non-hydrogen) atoms. The first-order valence-electron chi connectivity index (χ1n) is 14.5. The van der Waals surface area contributed by atoms with Crippen LogP contribution in [0.25, 0.3) is 0 Å². The van der Waals surface area contributed by atoms with Crippen molar-refractivity contribution in [1.29, 1.82) is 0 Å². The molecule has 230 valence electrons. The zero-order valence-electron chi connectivity index (χ0n) is 23.8. The number of hydrogen-bond donors (Lipinski definition) is 2. The van der Waals surface area contributed by atoms with Gasteiger partial charge in [0.1, 0.15) is 5.60 Å². The van der Waals surface area contributed by atoms with Gasteiger partial charge in [-0.2, -0.15) is 22.0 Å². The Labute approximate surface area is 247 Å². The maximum atomic E-state index is 15.1. The Hall–Kier alpha value is -3.45. The van der Waals surface area contributed by atoms with E-state index in [9.17, 15) is 27.9 Å². The average Bonchev–Trinajstić information content (AvgIpc) is 3.24. The van der Waals surface area contributed by atoms with Gasteiger partial charge in [0.15, 0.2) is 12.4 Å². The van der Waals surface area contributed by atoms with Gasteiger partial charge >= 0.3 is 18.2 Å². The topological polar surface area (TPSA) is 75.6 Å². The van der Waals surface area contributed by atoms with Crippen LogP contribution in [0.1, 0.15) is 68.9 Å². The van der Waals surface area contributed by atoms with Gasteiger partial charge in [-0.15, -0.1) is 6.58 Å². The van der Waals surface area contributed by atoms with Gasteiger partial charge in [-0.3, -0.25) is 4.79 Å². The van der Waals surface area contributed by atoms with E-state index in [1.807, 2.05) is 0 Å². The van der Waals surface area contributed by atoms with Crippen molar-refractivity contribution in [3.8, 4) is 11.8 Å². The summed E-state index contributed by atoms with van der Waals surface area (Å²) in [6, 6.07) is 7.01. The van der Waals surface area contributed by atoms with Crippen LogP contribution < -0.4 is 5.32 Å². The van der Waals surface area contributed by atoms with Crippen molar-refractivity contribution < 1.29 is 41.4 Å². The number of rotatable bonds is 5. The Morgan fingerprint density at radius 1 is 1.16 bits per heavy atom. The molecule has 1 aromatic rings. The van der Waals surface area contributed by atoms with Gasteiger partial charge in [-0.05, 0) is 85.3 Å².